The van der Waals surface area contributed by atoms with Gasteiger partial charge >= 0.3 is 5.97 Å². The number of ether oxygens (including phenoxy) is 1. The number of carbonyl (C=O) groups excluding carboxylic acids is 2. The van der Waals surface area contributed by atoms with Gasteiger partial charge < -0.3 is 10.1 Å². The molecule has 0 aliphatic heterocycles. The molecular weight excluding hydrogens is 386 g/mol. The first-order chi connectivity index (χ1) is 13.8. The van der Waals surface area contributed by atoms with E-state index in [-0.39, 0.29) is 18.9 Å². The third kappa shape index (κ3) is 6.56. The first kappa shape index (κ1) is 22.9. The van der Waals surface area contributed by atoms with Gasteiger partial charge in [0, 0.05) is 23.5 Å². The minimum Gasteiger partial charge on any atom is -0.456 e. The molecule has 1 amide bonds. The number of nitrogens with zero attached hydrogens (tertiary/aromatic N) is 2. The summed E-state index contributed by atoms with van der Waals surface area (Å²) in [5.41, 5.74) is 4.53. The zero-order valence-electron chi connectivity index (χ0n) is 17.7. The van der Waals surface area contributed by atoms with Crippen molar-refractivity contribution in [3.63, 3.8) is 0 Å². The molecule has 1 aromatic carbocycles. The number of aryl methyl sites for hydroxylation is 2. The molecule has 0 spiro atoms. The number of thioether (sulfide) groups is 1. The lowest BCUT2D eigenvalue weighted by molar-refractivity contribution is -0.147. The fraction of sp³-hybridized carbons (Fsp3) is 0.455. The van der Waals surface area contributed by atoms with Crippen molar-refractivity contribution in [2.45, 2.75) is 58.0 Å². The maximum Gasteiger partial charge on any atom is 0.306 e. The van der Waals surface area contributed by atoms with Crippen LogP contribution in [0.15, 0.2) is 29.4 Å². The van der Waals surface area contributed by atoms with Crippen molar-refractivity contribution in [2.75, 3.05) is 18.2 Å². The monoisotopic (exact) mass is 415 g/mol. The van der Waals surface area contributed by atoms with Gasteiger partial charge in [-0.1, -0.05) is 43.8 Å². The van der Waals surface area contributed by atoms with Crippen LogP contribution in [-0.4, -0.2) is 34.7 Å². The second-order valence-electron chi connectivity index (χ2n) is 6.97. The Morgan fingerprint density at radius 2 is 1.83 bits per heavy atom. The number of rotatable bonds is 9. The molecule has 156 valence electrons. The van der Waals surface area contributed by atoms with Crippen molar-refractivity contribution in [2.24, 2.45) is 0 Å². The molecule has 6 nitrogen and oxygen atoms in total. The Labute approximate surface area is 176 Å². The van der Waals surface area contributed by atoms with E-state index in [0.29, 0.717) is 12.3 Å². The summed E-state index contributed by atoms with van der Waals surface area (Å²) in [6.45, 7) is 7.75. The Bertz CT molecular complexity index is 847. The normalized spacial score (nSPS) is 11.8. The molecule has 2 aromatic rings. The number of anilines is 1. The maximum absolute atomic E-state index is 12.2. The van der Waals surface area contributed by atoms with Crippen LogP contribution in [0.25, 0.3) is 0 Å². The zero-order chi connectivity index (χ0) is 21.4. The maximum atomic E-state index is 12.2. The predicted octanol–water partition coefficient (Wildman–Crippen LogP) is 4.44. The van der Waals surface area contributed by atoms with Crippen LogP contribution >= 0.6 is 11.8 Å². The van der Waals surface area contributed by atoms with E-state index in [4.69, 9.17) is 4.74 Å². The standard InChI is InChI=1S/C22H29N3O3S/c1-6-14(2)17-9-7-8-10-19(17)25-20(26)13-28-21(27)12-11-18-15(3)23-22(29-5)24-16(18)4/h7-10,14H,6,11-13H2,1-5H3,(H,25,26)/t14-/m0/s1. The van der Waals surface area contributed by atoms with Crippen molar-refractivity contribution in [3.05, 3.63) is 46.8 Å². The van der Waals surface area contributed by atoms with Crippen molar-refractivity contribution in [1.82, 2.24) is 9.97 Å². The van der Waals surface area contributed by atoms with E-state index >= 15 is 0 Å². The van der Waals surface area contributed by atoms with Crippen LogP contribution in [0.1, 0.15) is 55.1 Å². The number of hydrogen-bond donors (Lipinski definition) is 1. The SMILES string of the molecule is CC[C@H](C)c1ccccc1NC(=O)COC(=O)CCc1c(C)nc(SC)nc1C. The topological polar surface area (TPSA) is 81.2 Å². The van der Waals surface area contributed by atoms with Crippen LogP contribution < -0.4 is 5.32 Å². The van der Waals surface area contributed by atoms with Crippen LogP contribution in [0.3, 0.4) is 0 Å². The van der Waals surface area contributed by atoms with E-state index in [2.05, 4.69) is 29.1 Å². The summed E-state index contributed by atoms with van der Waals surface area (Å²) in [6, 6.07) is 7.70. The number of hydrogen-bond acceptors (Lipinski definition) is 6. The van der Waals surface area contributed by atoms with Gasteiger partial charge in [0.1, 0.15) is 0 Å². The van der Waals surface area contributed by atoms with Gasteiger partial charge in [-0.3, -0.25) is 9.59 Å². The van der Waals surface area contributed by atoms with Crippen molar-refractivity contribution in [3.8, 4) is 0 Å². The first-order valence-electron chi connectivity index (χ1n) is 9.78. The van der Waals surface area contributed by atoms with Gasteiger partial charge in [-0.15, -0.1) is 0 Å². The number of aromatic nitrogens is 2. The van der Waals surface area contributed by atoms with E-state index in [1.54, 1.807) is 0 Å². The molecule has 0 saturated heterocycles. The van der Waals surface area contributed by atoms with Gasteiger partial charge in [-0.25, -0.2) is 9.97 Å². The molecule has 1 atom stereocenters. The minimum atomic E-state index is -0.414. The highest BCUT2D eigenvalue weighted by molar-refractivity contribution is 7.98. The fourth-order valence-electron chi connectivity index (χ4n) is 3.05. The van der Waals surface area contributed by atoms with Gasteiger partial charge in [0.25, 0.3) is 5.91 Å². The average Bonchev–Trinajstić information content (AvgIpc) is 2.71. The number of para-hydroxylation sites is 1. The molecule has 0 bridgehead atoms. The van der Waals surface area contributed by atoms with Crippen LogP contribution in [0, 0.1) is 13.8 Å². The molecule has 1 heterocycles. The van der Waals surface area contributed by atoms with Crippen molar-refractivity contribution in [1.29, 1.82) is 0 Å². The summed E-state index contributed by atoms with van der Waals surface area (Å²) >= 11 is 1.49. The molecule has 0 saturated carbocycles. The van der Waals surface area contributed by atoms with Gasteiger partial charge in [-0.05, 0) is 56.1 Å². The minimum absolute atomic E-state index is 0.181. The third-order valence-electron chi connectivity index (χ3n) is 4.90. The highest BCUT2D eigenvalue weighted by atomic mass is 32.2. The Kier molecular flexibility index (Phi) is 8.64. The summed E-state index contributed by atoms with van der Waals surface area (Å²) < 4.78 is 5.15. The van der Waals surface area contributed by atoms with E-state index in [1.165, 1.54) is 11.8 Å². The van der Waals surface area contributed by atoms with Gasteiger partial charge in [0.05, 0.1) is 0 Å². The summed E-state index contributed by atoms with van der Waals surface area (Å²) in [7, 11) is 0. The fourth-order valence-corrected chi connectivity index (χ4v) is 3.51. The van der Waals surface area contributed by atoms with E-state index < -0.39 is 5.97 Å². The highest BCUT2D eigenvalue weighted by Gasteiger charge is 2.14. The Morgan fingerprint density at radius 1 is 1.17 bits per heavy atom. The Hall–Kier alpha value is -2.41. The van der Waals surface area contributed by atoms with E-state index in [1.807, 2.05) is 44.4 Å². The lowest BCUT2D eigenvalue weighted by Crippen LogP contribution is -2.22. The lowest BCUT2D eigenvalue weighted by atomic mass is 9.97. The van der Waals surface area contributed by atoms with E-state index in [9.17, 15) is 9.59 Å². The number of esters is 1. The molecule has 0 unspecified atom stereocenters. The van der Waals surface area contributed by atoms with Gasteiger partial charge in [-0.2, -0.15) is 0 Å². The molecule has 0 fully saturated rings. The van der Waals surface area contributed by atoms with Crippen molar-refractivity contribution >= 4 is 29.3 Å². The van der Waals surface area contributed by atoms with E-state index in [0.717, 1.165) is 39.8 Å². The number of amides is 1. The third-order valence-corrected chi connectivity index (χ3v) is 5.45. The summed E-state index contributed by atoms with van der Waals surface area (Å²) in [5, 5.41) is 3.57. The van der Waals surface area contributed by atoms with Gasteiger partial charge in [0.15, 0.2) is 11.8 Å². The molecular formula is C22H29N3O3S. The number of benzene rings is 1. The Morgan fingerprint density at radius 3 is 2.45 bits per heavy atom. The molecule has 7 heteroatoms. The predicted molar refractivity (Wildman–Crippen MR) is 116 cm³/mol. The van der Waals surface area contributed by atoms with Gasteiger partial charge in [0.2, 0.25) is 0 Å². The number of nitrogens with one attached hydrogen (secondary N) is 1. The van der Waals surface area contributed by atoms with Crippen LogP contribution in [-0.2, 0) is 20.7 Å². The van der Waals surface area contributed by atoms with Crippen molar-refractivity contribution < 1.29 is 14.3 Å². The lowest BCUT2D eigenvalue weighted by Gasteiger charge is -2.15. The number of carbonyl (C=O) groups is 2. The largest absolute Gasteiger partial charge is 0.456 e. The van der Waals surface area contributed by atoms with Crippen LogP contribution in [0.2, 0.25) is 0 Å². The zero-order valence-corrected chi connectivity index (χ0v) is 18.6. The molecule has 1 aromatic heterocycles. The molecule has 1 N–H and O–H groups in total. The second-order valence-corrected chi connectivity index (χ2v) is 7.74. The summed E-state index contributed by atoms with van der Waals surface area (Å²) in [6.07, 6.45) is 3.57. The second kappa shape index (κ2) is 11.0. The molecule has 0 aliphatic rings. The molecule has 2 rings (SSSR count). The molecule has 0 radical (unpaired) electrons. The average molecular weight is 416 g/mol. The van der Waals surface area contributed by atoms with Crippen LogP contribution in [0.4, 0.5) is 5.69 Å². The molecule has 0 aliphatic carbocycles. The highest BCUT2D eigenvalue weighted by Crippen LogP contribution is 2.26. The summed E-state index contributed by atoms with van der Waals surface area (Å²) in [5.74, 6) is -0.419. The smallest absolute Gasteiger partial charge is 0.306 e. The first-order valence-corrected chi connectivity index (χ1v) is 11.0. The van der Waals surface area contributed by atoms with Crippen LogP contribution in [0.5, 0.6) is 0 Å². The Balaban J connectivity index is 1.87. The molecule has 29 heavy (non-hydrogen) atoms. The quantitative estimate of drug-likeness (QED) is 0.370. The summed E-state index contributed by atoms with van der Waals surface area (Å²) in [4.78, 5) is 33.1.